The quantitative estimate of drug-likeness (QED) is 0.564. The topological polar surface area (TPSA) is 58.6 Å². The Kier molecular flexibility index (Phi) is 6.57. The number of rotatable bonds is 7. The second-order valence-corrected chi connectivity index (χ2v) is 8.27. The summed E-state index contributed by atoms with van der Waals surface area (Å²) < 4.78 is 5.42. The molecule has 0 spiro atoms. The third-order valence-corrected chi connectivity index (χ3v) is 6.30. The van der Waals surface area contributed by atoms with E-state index in [1.807, 2.05) is 90.7 Å². The number of thioether (sulfide) groups is 1. The van der Waals surface area contributed by atoms with Gasteiger partial charge in [0.2, 0.25) is 5.91 Å². The Morgan fingerprint density at radius 3 is 2.42 bits per heavy atom. The summed E-state index contributed by atoms with van der Waals surface area (Å²) in [4.78, 5) is 26.9. The Labute approximate surface area is 186 Å². The van der Waals surface area contributed by atoms with Gasteiger partial charge in [0.25, 0.3) is 5.91 Å². The third-order valence-electron chi connectivity index (χ3n) is 5.05. The van der Waals surface area contributed by atoms with Gasteiger partial charge < -0.3 is 15.0 Å². The molecule has 2 amide bonds. The molecule has 0 aromatic heterocycles. The summed E-state index contributed by atoms with van der Waals surface area (Å²) in [5, 5.41) is 2.86. The molecule has 3 aromatic carbocycles. The van der Waals surface area contributed by atoms with Crippen LogP contribution in [0.3, 0.4) is 0 Å². The van der Waals surface area contributed by atoms with Crippen molar-refractivity contribution in [2.45, 2.75) is 18.8 Å². The smallest absolute Gasteiger partial charge is 0.255 e. The van der Waals surface area contributed by atoms with Crippen molar-refractivity contribution in [1.82, 2.24) is 4.90 Å². The Bertz CT molecular complexity index is 1040. The van der Waals surface area contributed by atoms with Crippen molar-refractivity contribution in [2.75, 3.05) is 17.7 Å². The number of hydrogen-bond acceptors (Lipinski definition) is 4. The highest BCUT2D eigenvalue weighted by atomic mass is 32.2. The van der Waals surface area contributed by atoms with Gasteiger partial charge in [-0.2, -0.15) is 0 Å². The van der Waals surface area contributed by atoms with Crippen LogP contribution in [0.4, 0.5) is 5.69 Å². The lowest BCUT2D eigenvalue weighted by atomic mass is 10.1. The Morgan fingerprint density at radius 2 is 1.74 bits per heavy atom. The standard InChI is InChI=1S/C25H24N2O3S/c1-2-30-22-14-12-21(13-15-22)26-24(29)19-8-10-20(11-9-19)25-27(23(28)17-31-25)16-18-6-4-3-5-7-18/h3-15,25H,2,16-17H2,1H3,(H,26,29)/t25-/m0/s1. The van der Waals surface area contributed by atoms with Crippen LogP contribution in [0.15, 0.2) is 78.9 Å². The summed E-state index contributed by atoms with van der Waals surface area (Å²) in [6.07, 6.45) is 0. The summed E-state index contributed by atoms with van der Waals surface area (Å²) >= 11 is 1.62. The molecular weight excluding hydrogens is 408 g/mol. The van der Waals surface area contributed by atoms with Crippen LogP contribution < -0.4 is 10.1 Å². The van der Waals surface area contributed by atoms with E-state index in [0.717, 1.165) is 16.9 Å². The first-order valence-corrected chi connectivity index (χ1v) is 11.3. The molecule has 4 rings (SSSR count). The van der Waals surface area contributed by atoms with Crippen LogP contribution in [-0.4, -0.2) is 29.1 Å². The van der Waals surface area contributed by atoms with E-state index in [2.05, 4.69) is 5.32 Å². The lowest BCUT2D eigenvalue weighted by molar-refractivity contribution is -0.128. The van der Waals surface area contributed by atoms with Gasteiger partial charge in [0.15, 0.2) is 0 Å². The molecule has 1 heterocycles. The first-order chi connectivity index (χ1) is 15.1. The van der Waals surface area contributed by atoms with Crippen molar-refractivity contribution in [3.63, 3.8) is 0 Å². The summed E-state index contributed by atoms with van der Waals surface area (Å²) in [5.41, 5.74) is 3.41. The van der Waals surface area contributed by atoms with E-state index in [4.69, 9.17) is 4.74 Å². The van der Waals surface area contributed by atoms with Gasteiger partial charge in [0, 0.05) is 17.8 Å². The third kappa shape index (κ3) is 5.09. The minimum absolute atomic E-state index is 0.0454. The predicted molar refractivity (Wildman–Crippen MR) is 124 cm³/mol. The fourth-order valence-corrected chi connectivity index (χ4v) is 4.67. The normalized spacial score (nSPS) is 15.7. The molecule has 0 radical (unpaired) electrons. The maximum Gasteiger partial charge on any atom is 0.255 e. The second kappa shape index (κ2) is 9.71. The molecule has 1 saturated heterocycles. The average molecular weight is 433 g/mol. The lowest BCUT2D eigenvalue weighted by Crippen LogP contribution is -2.27. The zero-order valence-electron chi connectivity index (χ0n) is 17.3. The van der Waals surface area contributed by atoms with Gasteiger partial charge in [-0.3, -0.25) is 9.59 Å². The number of nitrogens with zero attached hydrogens (tertiary/aromatic N) is 1. The van der Waals surface area contributed by atoms with E-state index < -0.39 is 0 Å². The van der Waals surface area contributed by atoms with Crippen molar-refractivity contribution >= 4 is 29.3 Å². The first-order valence-electron chi connectivity index (χ1n) is 10.2. The van der Waals surface area contributed by atoms with E-state index in [9.17, 15) is 9.59 Å². The minimum Gasteiger partial charge on any atom is -0.494 e. The maximum atomic E-state index is 12.6. The van der Waals surface area contributed by atoms with E-state index in [0.29, 0.717) is 30.2 Å². The van der Waals surface area contributed by atoms with Crippen LogP contribution in [0.25, 0.3) is 0 Å². The van der Waals surface area contributed by atoms with Gasteiger partial charge in [0.05, 0.1) is 12.4 Å². The number of ether oxygens (including phenoxy) is 1. The highest BCUT2D eigenvalue weighted by Gasteiger charge is 2.32. The van der Waals surface area contributed by atoms with E-state index in [-0.39, 0.29) is 17.2 Å². The summed E-state index contributed by atoms with van der Waals surface area (Å²) in [5.74, 6) is 1.20. The van der Waals surface area contributed by atoms with Gasteiger partial charge in [0.1, 0.15) is 11.1 Å². The zero-order chi connectivity index (χ0) is 21.6. The van der Waals surface area contributed by atoms with Crippen LogP contribution in [0.5, 0.6) is 5.75 Å². The SMILES string of the molecule is CCOc1ccc(NC(=O)c2ccc([C@@H]3SCC(=O)N3Cc3ccccc3)cc2)cc1. The summed E-state index contributed by atoms with van der Waals surface area (Å²) in [6.45, 7) is 3.11. The molecular formula is C25H24N2O3S. The molecule has 31 heavy (non-hydrogen) atoms. The lowest BCUT2D eigenvalue weighted by Gasteiger charge is -2.24. The van der Waals surface area contributed by atoms with Crippen molar-refractivity contribution in [2.24, 2.45) is 0 Å². The number of anilines is 1. The monoisotopic (exact) mass is 432 g/mol. The van der Waals surface area contributed by atoms with Crippen LogP contribution in [0.1, 0.15) is 33.8 Å². The van der Waals surface area contributed by atoms with Gasteiger partial charge in [-0.05, 0) is 54.4 Å². The van der Waals surface area contributed by atoms with Crippen LogP contribution >= 0.6 is 11.8 Å². The number of carbonyl (C=O) groups is 2. The molecule has 1 aliphatic heterocycles. The van der Waals surface area contributed by atoms with Crippen LogP contribution in [0.2, 0.25) is 0 Å². The molecule has 1 fully saturated rings. The molecule has 0 bridgehead atoms. The van der Waals surface area contributed by atoms with Gasteiger partial charge in [-0.25, -0.2) is 0 Å². The number of hydrogen-bond donors (Lipinski definition) is 1. The van der Waals surface area contributed by atoms with Gasteiger partial charge in [-0.15, -0.1) is 11.8 Å². The highest BCUT2D eigenvalue weighted by molar-refractivity contribution is 8.00. The number of amides is 2. The molecule has 1 N–H and O–H groups in total. The molecule has 0 unspecified atom stereocenters. The van der Waals surface area contributed by atoms with Crippen molar-refractivity contribution in [1.29, 1.82) is 0 Å². The van der Waals surface area contributed by atoms with Crippen molar-refractivity contribution in [3.8, 4) is 5.75 Å². The molecule has 1 atom stereocenters. The fraction of sp³-hybridized carbons (Fsp3) is 0.200. The Morgan fingerprint density at radius 1 is 1.03 bits per heavy atom. The van der Waals surface area contributed by atoms with Gasteiger partial charge in [-0.1, -0.05) is 42.5 Å². The first kappa shape index (κ1) is 21.0. The molecule has 1 aliphatic rings. The molecule has 0 saturated carbocycles. The molecule has 5 nitrogen and oxygen atoms in total. The van der Waals surface area contributed by atoms with E-state index in [1.54, 1.807) is 11.8 Å². The zero-order valence-corrected chi connectivity index (χ0v) is 18.1. The fourth-order valence-electron chi connectivity index (χ4n) is 3.48. The molecule has 3 aromatic rings. The summed E-state index contributed by atoms with van der Waals surface area (Å²) in [7, 11) is 0. The predicted octanol–water partition coefficient (Wildman–Crippen LogP) is 5.11. The van der Waals surface area contributed by atoms with Crippen LogP contribution in [0, 0.1) is 0 Å². The largest absolute Gasteiger partial charge is 0.494 e. The number of carbonyl (C=O) groups excluding carboxylic acids is 2. The molecule has 6 heteroatoms. The second-order valence-electron chi connectivity index (χ2n) is 7.20. The van der Waals surface area contributed by atoms with Gasteiger partial charge >= 0.3 is 0 Å². The highest BCUT2D eigenvalue weighted by Crippen LogP contribution is 2.39. The Balaban J connectivity index is 1.43. The Hall–Kier alpha value is -3.25. The molecule has 0 aliphatic carbocycles. The number of benzene rings is 3. The maximum absolute atomic E-state index is 12.6. The van der Waals surface area contributed by atoms with Crippen molar-refractivity contribution < 1.29 is 14.3 Å². The minimum atomic E-state index is -0.174. The van der Waals surface area contributed by atoms with E-state index in [1.165, 1.54) is 0 Å². The number of nitrogens with one attached hydrogen (secondary N) is 1. The molecule has 158 valence electrons. The average Bonchev–Trinajstić information content (AvgIpc) is 3.16. The van der Waals surface area contributed by atoms with E-state index >= 15 is 0 Å². The summed E-state index contributed by atoms with van der Waals surface area (Å²) in [6, 6.07) is 24.8. The van der Waals surface area contributed by atoms with Crippen molar-refractivity contribution in [3.05, 3.63) is 95.6 Å². The van der Waals surface area contributed by atoms with Crippen LogP contribution in [-0.2, 0) is 11.3 Å².